The van der Waals surface area contributed by atoms with Gasteiger partial charge in [-0.15, -0.1) is 0 Å². The monoisotopic (exact) mass is 354 g/mol. The lowest BCUT2D eigenvalue weighted by Crippen LogP contribution is -2.32. The molecule has 2 N–H and O–H groups in total. The van der Waals surface area contributed by atoms with Crippen LogP contribution in [0.1, 0.15) is 53.5 Å². The van der Waals surface area contributed by atoms with Crippen molar-refractivity contribution in [3.05, 3.63) is 59.2 Å². The van der Waals surface area contributed by atoms with Gasteiger partial charge >= 0.3 is 0 Å². The molecule has 0 heterocycles. The Morgan fingerprint density at radius 2 is 1.81 bits per heavy atom. The number of benzene rings is 2. The number of carbonyl (C=O) groups is 2. The van der Waals surface area contributed by atoms with Crippen LogP contribution in [-0.2, 0) is 0 Å². The zero-order valence-electron chi connectivity index (χ0n) is 15.8. The Hall–Kier alpha value is -2.82. The first-order chi connectivity index (χ1) is 12.5. The maximum Gasteiger partial charge on any atom is 0.255 e. The van der Waals surface area contributed by atoms with Crippen LogP contribution in [0.15, 0.2) is 42.5 Å². The van der Waals surface area contributed by atoms with Gasteiger partial charge < -0.3 is 15.4 Å². The SMILES string of the molecule is CCOc1ccc(C(=O)Nc2ccccc2C(=O)N[C@H](C)CC)cc1C. The quantitative estimate of drug-likeness (QED) is 0.784. The molecule has 0 aliphatic heterocycles. The van der Waals surface area contributed by atoms with Gasteiger partial charge in [0.15, 0.2) is 0 Å². The van der Waals surface area contributed by atoms with E-state index in [1.54, 1.807) is 42.5 Å². The van der Waals surface area contributed by atoms with Gasteiger partial charge in [-0.1, -0.05) is 19.1 Å². The van der Waals surface area contributed by atoms with Crippen molar-refractivity contribution in [1.29, 1.82) is 0 Å². The van der Waals surface area contributed by atoms with Crippen LogP contribution in [0.2, 0.25) is 0 Å². The van der Waals surface area contributed by atoms with Crippen molar-refractivity contribution in [2.75, 3.05) is 11.9 Å². The molecular formula is C21H26N2O3. The Morgan fingerprint density at radius 1 is 1.08 bits per heavy atom. The molecule has 0 radical (unpaired) electrons. The average molecular weight is 354 g/mol. The predicted molar refractivity (Wildman–Crippen MR) is 104 cm³/mol. The van der Waals surface area contributed by atoms with E-state index in [0.717, 1.165) is 17.7 Å². The van der Waals surface area contributed by atoms with Crippen molar-refractivity contribution >= 4 is 17.5 Å². The number of aryl methyl sites for hydroxylation is 1. The van der Waals surface area contributed by atoms with E-state index in [9.17, 15) is 9.59 Å². The molecule has 5 heteroatoms. The van der Waals surface area contributed by atoms with Crippen molar-refractivity contribution in [2.45, 2.75) is 40.2 Å². The lowest BCUT2D eigenvalue weighted by atomic mass is 10.1. The largest absolute Gasteiger partial charge is 0.494 e. The minimum absolute atomic E-state index is 0.0695. The Kier molecular flexibility index (Phi) is 6.78. The fourth-order valence-corrected chi connectivity index (χ4v) is 2.50. The summed E-state index contributed by atoms with van der Waals surface area (Å²) < 4.78 is 5.50. The number of carbonyl (C=O) groups excluding carboxylic acids is 2. The third-order valence-corrected chi connectivity index (χ3v) is 4.15. The number of amides is 2. The molecule has 2 amide bonds. The molecule has 26 heavy (non-hydrogen) atoms. The first-order valence-electron chi connectivity index (χ1n) is 8.90. The van der Waals surface area contributed by atoms with Crippen LogP contribution in [0.25, 0.3) is 0 Å². The highest BCUT2D eigenvalue weighted by Crippen LogP contribution is 2.21. The van der Waals surface area contributed by atoms with Crippen molar-refractivity contribution in [3.63, 3.8) is 0 Å². The number of anilines is 1. The first-order valence-corrected chi connectivity index (χ1v) is 8.90. The van der Waals surface area contributed by atoms with Crippen LogP contribution in [0, 0.1) is 6.92 Å². The molecule has 138 valence electrons. The highest BCUT2D eigenvalue weighted by Gasteiger charge is 2.16. The molecule has 0 unspecified atom stereocenters. The average Bonchev–Trinajstić information content (AvgIpc) is 2.63. The zero-order chi connectivity index (χ0) is 19.1. The molecule has 1 atom stereocenters. The number of rotatable bonds is 7. The van der Waals surface area contributed by atoms with Crippen molar-refractivity contribution in [3.8, 4) is 5.75 Å². The predicted octanol–water partition coefficient (Wildman–Crippen LogP) is 4.17. The van der Waals surface area contributed by atoms with E-state index in [4.69, 9.17) is 4.74 Å². The minimum Gasteiger partial charge on any atom is -0.494 e. The fourth-order valence-electron chi connectivity index (χ4n) is 2.50. The van der Waals surface area contributed by atoms with Gasteiger partial charge in [0.1, 0.15) is 5.75 Å². The van der Waals surface area contributed by atoms with Gasteiger partial charge in [0.25, 0.3) is 11.8 Å². The van der Waals surface area contributed by atoms with Crippen molar-refractivity contribution in [1.82, 2.24) is 5.32 Å². The van der Waals surface area contributed by atoms with E-state index in [0.29, 0.717) is 23.4 Å². The summed E-state index contributed by atoms with van der Waals surface area (Å²) in [4.78, 5) is 25.0. The lowest BCUT2D eigenvalue weighted by Gasteiger charge is -2.15. The standard InChI is InChI=1S/C21H26N2O3/c1-5-15(4)22-21(25)17-9-7-8-10-18(17)23-20(24)16-11-12-19(26-6-2)14(3)13-16/h7-13,15H,5-6H2,1-4H3,(H,22,25)(H,23,24)/t15-/m1/s1. The molecule has 0 aromatic heterocycles. The maximum absolute atomic E-state index is 12.6. The summed E-state index contributed by atoms with van der Waals surface area (Å²) in [5, 5.41) is 5.76. The number of ether oxygens (including phenoxy) is 1. The van der Waals surface area contributed by atoms with Gasteiger partial charge in [-0.2, -0.15) is 0 Å². The summed E-state index contributed by atoms with van der Waals surface area (Å²) in [7, 11) is 0. The molecule has 0 aliphatic carbocycles. The van der Waals surface area contributed by atoms with Gasteiger partial charge in [-0.05, 0) is 63.1 Å². The fraction of sp³-hybridized carbons (Fsp3) is 0.333. The third-order valence-electron chi connectivity index (χ3n) is 4.15. The Labute approximate surface area is 154 Å². The molecule has 5 nitrogen and oxygen atoms in total. The van der Waals surface area contributed by atoms with Gasteiger partial charge in [0.05, 0.1) is 17.9 Å². The second-order valence-corrected chi connectivity index (χ2v) is 6.20. The summed E-state index contributed by atoms with van der Waals surface area (Å²) >= 11 is 0. The van der Waals surface area contributed by atoms with Gasteiger partial charge in [0.2, 0.25) is 0 Å². The Bertz CT molecular complexity index is 787. The van der Waals surface area contributed by atoms with E-state index < -0.39 is 0 Å². The van der Waals surface area contributed by atoms with Crippen LogP contribution >= 0.6 is 0 Å². The molecule has 0 spiro atoms. The molecule has 2 rings (SSSR count). The molecule has 2 aromatic rings. The highest BCUT2D eigenvalue weighted by atomic mass is 16.5. The van der Waals surface area contributed by atoms with Crippen molar-refractivity contribution < 1.29 is 14.3 Å². The zero-order valence-corrected chi connectivity index (χ0v) is 15.8. The number of nitrogens with one attached hydrogen (secondary N) is 2. The van der Waals surface area contributed by atoms with Gasteiger partial charge in [-0.25, -0.2) is 0 Å². The first kappa shape index (κ1) is 19.5. The van der Waals surface area contributed by atoms with E-state index in [1.807, 2.05) is 27.7 Å². The summed E-state index contributed by atoms with van der Waals surface area (Å²) in [5.74, 6) is 0.301. The van der Waals surface area contributed by atoms with Crippen LogP contribution in [-0.4, -0.2) is 24.5 Å². The van der Waals surface area contributed by atoms with Gasteiger partial charge in [0, 0.05) is 11.6 Å². The summed E-state index contributed by atoms with van der Waals surface area (Å²) in [6.45, 7) is 8.34. The molecule has 0 bridgehead atoms. The lowest BCUT2D eigenvalue weighted by molar-refractivity contribution is 0.0940. The summed E-state index contributed by atoms with van der Waals surface area (Å²) in [5.41, 5.74) is 2.35. The van der Waals surface area contributed by atoms with Gasteiger partial charge in [-0.3, -0.25) is 9.59 Å². The van der Waals surface area contributed by atoms with E-state index >= 15 is 0 Å². The van der Waals surface area contributed by atoms with Crippen LogP contribution in [0.4, 0.5) is 5.69 Å². The molecule has 2 aromatic carbocycles. The topological polar surface area (TPSA) is 67.4 Å². The van der Waals surface area contributed by atoms with Crippen LogP contribution in [0.3, 0.4) is 0 Å². The molecule has 0 fully saturated rings. The number of hydrogen-bond acceptors (Lipinski definition) is 3. The minimum atomic E-state index is -0.264. The summed E-state index contributed by atoms with van der Waals surface area (Å²) in [6, 6.07) is 12.4. The molecule has 0 aliphatic rings. The molecule has 0 saturated carbocycles. The molecular weight excluding hydrogens is 328 g/mol. The third kappa shape index (κ3) is 4.85. The van der Waals surface area contributed by atoms with Crippen LogP contribution < -0.4 is 15.4 Å². The number of hydrogen-bond donors (Lipinski definition) is 2. The maximum atomic E-state index is 12.6. The normalized spacial score (nSPS) is 11.5. The Morgan fingerprint density at radius 3 is 2.46 bits per heavy atom. The second-order valence-electron chi connectivity index (χ2n) is 6.20. The van der Waals surface area contributed by atoms with E-state index in [2.05, 4.69) is 10.6 Å². The Balaban J connectivity index is 2.19. The van der Waals surface area contributed by atoms with Crippen LogP contribution in [0.5, 0.6) is 5.75 Å². The second kappa shape index (κ2) is 9.04. The highest BCUT2D eigenvalue weighted by molar-refractivity contribution is 6.09. The van der Waals surface area contributed by atoms with E-state index in [-0.39, 0.29) is 17.9 Å². The molecule has 0 saturated heterocycles. The smallest absolute Gasteiger partial charge is 0.255 e. The number of para-hydroxylation sites is 1. The van der Waals surface area contributed by atoms with E-state index in [1.165, 1.54) is 0 Å². The van der Waals surface area contributed by atoms with Crippen molar-refractivity contribution in [2.24, 2.45) is 0 Å². The summed E-state index contributed by atoms with van der Waals surface area (Å²) in [6.07, 6.45) is 0.839.